The maximum atomic E-state index is 11.5. The molecule has 0 spiro atoms. The number of carbonyl (C=O) groups is 2. The van der Waals surface area contributed by atoms with Crippen LogP contribution in [0.5, 0.6) is 0 Å². The Morgan fingerprint density at radius 2 is 1.95 bits per heavy atom. The van der Waals surface area contributed by atoms with Gasteiger partial charge in [0.25, 0.3) is 0 Å². The van der Waals surface area contributed by atoms with Crippen molar-refractivity contribution in [2.75, 3.05) is 19.8 Å². The Hall–Kier alpha value is -1.10. The van der Waals surface area contributed by atoms with E-state index in [1.165, 1.54) is 0 Å². The standard InChI is InChI=1S/C14H25NO4/c16-13(7-6-12-8-10-19-11-12)15-9-4-2-1-3-5-14(17)18/h12H,1-11H2,(H,15,16)(H,17,18). The van der Waals surface area contributed by atoms with Gasteiger partial charge in [-0.15, -0.1) is 0 Å². The van der Waals surface area contributed by atoms with E-state index < -0.39 is 5.97 Å². The van der Waals surface area contributed by atoms with Gasteiger partial charge >= 0.3 is 5.97 Å². The average Bonchev–Trinajstić information content (AvgIpc) is 2.88. The van der Waals surface area contributed by atoms with Crippen LogP contribution in [0.4, 0.5) is 0 Å². The Bertz CT molecular complexity index is 275. The first kappa shape index (κ1) is 16.0. The van der Waals surface area contributed by atoms with Crippen molar-refractivity contribution in [2.24, 2.45) is 5.92 Å². The summed E-state index contributed by atoms with van der Waals surface area (Å²) in [6.45, 7) is 2.34. The third kappa shape index (κ3) is 8.59. The number of aliphatic carboxylic acids is 1. The van der Waals surface area contributed by atoms with Gasteiger partial charge in [0.05, 0.1) is 0 Å². The molecule has 0 aliphatic carbocycles. The molecule has 1 unspecified atom stereocenters. The van der Waals surface area contributed by atoms with Crippen LogP contribution in [-0.4, -0.2) is 36.7 Å². The minimum absolute atomic E-state index is 0.123. The maximum Gasteiger partial charge on any atom is 0.303 e. The molecule has 1 amide bonds. The van der Waals surface area contributed by atoms with Crippen molar-refractivity contribution in [3.8, 4) is 0 Å². The average molecular weight is 271 g/mol. The molecule has 1 atom stereocenters. The molecule has 0 bridgehead atoms. The lowest BCUT2D eigenvalue weighted by Gasteiger charge is -2.08. The van der Waals surface area contributed by atoms with Crippen molar-refractivity contribution < 1.29 is 19.4 Å². The highest BCUT2D eigenvalue weighted by Gasteiger charge is 2.16. The molecular weight excluding hydrogens is 246 g/mol. The topological polar surface area (TPSA) is 75.6 Å². The van der Waals surface area contributed by atoms with E-state index in [4.69, 9.17) is 9.84 Å². The molecule has 1 fully saturated rings. The first-order valence-corrected chi connectivity index (χ1v) is 7.24. The van der Waals surface area contributed by atoms with E-state index in [1.807, 2.05) is 0 Å². The highest BCUT2D eigenvalue weighted by molar-refractivity contribution is 5.75. The summed E-state index contributed by atoms with van der Waals surface area (Å²) in [5.41, 5.74) is 0. The smallest absolute Gasteiger partial charge is 0.303 e. The minimum Gasteiger partial charge on any atom is -0.481 e. The summed E-state index contributed by atoms with van der Waals surface area (Å²) in [5.74, 6) is -0.0524. The van der Waals surface area contributed by atoms with Crippen LogP contribution in [0, 0.1) is 5.92 Å². The molecule has 1 heterocycles. The molecule has 5 nitrogen and oxygen atoms in total. The molecular formula is C14H25NO4. The van der Waals surface area contributed by atoms with E-state index in [-0.39, 0.29) is 12.3 Å². The Morgan fingerprint density at radius 1 is 1.16 bits per heavy atom. The van der Waals surface area contributed by atoms with E-state index in [0.717, 1.165) is 51.7 Å². The van der Waals surface area contributed by atoms with Crippen LogP contribution >= 0.6 is 0 Å². The highest BCUT2D eigenvalue weighted by Crippen LogP contribution is 2.17. The Balaban J connectivity index is 1.85. The fraction of sp³-hybridized carbons (Fsp3) is 0.857. The summed E-state index contributed by atoms with van der Waals surface area (Å²) in [5, 5.41) is 11.4. The summed E-state index contributed by atoms with van der Waals surface area (Å²) in [4.78, 5) is 21.8. The van der Waals surface area contributed by atoms with Crippen LogP contribution in [0.1, 0.15) is 51.4 Å². The number of ether oxygens (including phenoxy) is 1. The van der Waals surface area contributed by atoms with Crippen LogP contribution < -0.4 is 5.32 Å². The molecule has 0 aromatic heterocycles. The number of nitrogens with one attached hydrogen (secondary N) is 1. The number of hydrogen-bond acceptors (Lipinski definition) is 3. The van der Waals surface area contributed by atoms with Crippen LogP contribution in [0.15, 0.2) is 0 Å². The van der Waals surface area contributed by atoms with Gasteiger partial charge in [-0.25, -0.2) is 0 Å². The van der Waals surface area contributed by atoms with Gasteiger partial charge in [-0.2, -0.15) is 0 Å². The lowest BCUT2D eigenvalue weighted by Crippen LogP contribution is -2.24. The lowest BCUT2D eigenvalue weighted by atomic mass is 10.0. The van der Waals surface area contributed by atoms with Crippen LogP contribution in [0.2, 0.25) is 0 Å². The zero-order valence-corrected chi connectivity index (χ0v) is 11.5. The van der Waals surface area contributed by atoms with Crippen LogP contribution in [0.25, 0.3) is 0 Å². The number of amides is 1. The zero-order chi connectivity index (χ0) is 13.9. The summed E-state index contributed by atoms with van der Waals surface area (Å²) < 4.78 is 5.27. The molecule has 19 heavy (non-hydrogen) atoms. The van der Waals surface area contributed by atoms with E-state index in [0.29, 0.717) is 18.9 Å². The summed E-state index contributed by atoms with van der Waals surface area (Å²) >= 11 is 0. The van der Waals surface area contributed by atoms with Gasteiger partial charge in [0, 0.05) is 32.6 Å². The lowest BCUT2D eigenvalue weighted by molar-refractivity contribution is -0.137. The second-order valence-corrected chi connectivity index (χ2v) is 5.18. The largest absolute Gasteiger partial charge is 0.481 e. The van der Waals surface area contributed by atoms with Gasteiger partial charge in [0.15, 0.2) is 0 Å². The van der Waals surface area contributed by atoms with Crippen molar-refractivity contribution in [1.29, 1.82) is 0 Å². The molecule has 0 radical (unpaired) electrons. The van der Waals surface area contributed by atoms with Crippen molar-refractivity contribution in [3.63, 3.8) is 0 Å². The van der Waals surface area contributed by atoms with E-state index in [2.05, 4.69) is 5.32 Å². The van der Waals surface area contributed by atoms with Gasteiger partial charge in [-0.05, 0) is 31.6 Å². The number of rotatable bonds is 10. The molecule has 2 N–H and O–H groups in total. The number of hydrogen-bond donors (Lipinski definition) is 2. The molecule has 0 aromatic carbocycles. The molecule has 5 heteroatoms. The molecule has 1 aliphatic heterocycles. The minimum atomic E-state index is -0.732. The second-order valence-electron chi connectivity index (χ2n) is 5.18. The number of carbonyl (C=O) groups excluding carboxylic acids is 1. The van der Waals surface area contributed by atoms with Crippen LogP contribution in [0.3, 0.4) is 0 Å². The summed E-state index contributed by atoms with van der Waals surface area (Å²) in [6, 6.07) is 0. The first-order chi connectivity index (χ1) is 9.18. The van der Waals surface area contributed by atoms with Gasteiger partial charge < -0.3 is 15.2 Å². The summed E-state index contributed by atoms with van der Waals surface area (Å²) in [6.07, 6.45) is 6.39. The monoisotopic (exact) mass is 271 g/mol. The molecule has 0 saturated carbocycles. The predicted molar refractivity (Wildman–Crippen MR) is 71.9 cm³/mol. The fourth-order valence-corrected chi connectivity index (χ4v) is 2.22. The zero-order valence-electron chi connectivity index (χ0n) is 11.5. The Kier molecular flexibility index (Phi) is 8.21. The SMILES string of the molecule is O=C(O)CCCCCCNC(=O)CCC1CCOC1. The quantitative estimate of drug-likeness (QED) is 0.595. The Morgan fingerprint density at radius 3 is 2.63 bits per heavy atom. The van der Waals surface area contributed by atoms with Gasteiger partial charge in [0.2, 0.25) is 5.91 Å². The molecule has 110 valence electrons. The number of carboxylic acid groups (broad SMARTS) is 1. The van der Waals surface area contributed by atoms with Gasteiger partial charge in [-0.1, -0.05) is 12.8 Å². The highest BCUT2D eigenvalue weighted by atomic mass is 16.5. The third-order valence-corrected chi connectivity index (χ3v) is 3.44. The molecule has 0 aromatic rings. The molecule has 1 aliphatic rings. The number of unbranched alkanes of at least 4 members (excludes halogenated alkanes) is 3. The van der Waals surface area contributed by atoms with Crippen molar-refractivity contribution in [1.82, 2.24) is 5.32 Å². The summed E-state index contributed by atoms with van der Waals surface area (Å²) in [7, 11) is 0. The van der Waals surface area contributed by atoms with Crippen molar-refractivity contribution in [2.45, 2.75) is 51.4 Å². The third-order valence-electron chi connectivity index (χ3n) is 3.44. The molecule has 1 saturated heterocycles. The first-order valence-electron chi connectivity index (χ1n) is 7.24. The maximum absolute atomic E-state index is 11.5. The predicted octanol–water partition coefficient (Wildman–Crippen LogP) is 1.95. The second kappa shape index (κ2) is 9.78. The van der Waals surface area contributed by atoms with E-state index in [9.17, 15) is 9.59 Å². The van der Waals surface area contributed by atoms with Crippen molar-refractivity contribution >= 4 is 11.9 Å². The Labute approximate surface area is 114 Å². The van der Waals surface area contributed by atoms with E-state index >= 15 is 0 Å². The van der Waals surface area contributed by atoms with Gasteiger partial charge in [0.1, 0.15) is 0 Å². The van der Waals surface area contributed by atoms with E-state index in [1.54, 1.807) is 0 Å². The number of carboxylic acids is 1. The fourth-order valence-electron chi connectivity index (χ4n) is 2.22. The van der Waals surface area contributed by atoms with Crippen LogP contribution in [-0.2, 0) is 14.3 Å². The normalized spacial score (nSPS) is 18.4. The van der Waals surface area contributed by atoms with Crippen molar-refractivity contribution in [3.05, 3.63) is 0 Å². The van der Waals surface area contributed by atoms with Gasteiger partial charge in [-0.3, -0.25) is 9.59 Å². The molecule has 1 rings (SSSR count).